The first-order valence-electron chi connectivity index (χ1n) is 0. The van der Waals surface area contributed by atoms with Gasteiger partial charge in [-0.25, -0.2) is 0 Å². The molecule has 0 amide bonds. The number of hydrogen-bond acceptors (Lipinski definition) is 0. The molecule has 0 rings (SSSR count). The fourth-order valence-electron chi connectivity index (χ4n) is 0. The van der Waals surface area contributed by atoms with Gasteiger partial charge in [0.15, 0.2) is 0 Å². The molecule has 0 aliphatic heterocycles. The van der Waals surface area contributed by atoms with Crippen LogP contribution in [0.25, 0.3) is 0 Å². The van der Waals surface area contributed by atoms with E-state index in [2.05, 4.69) is 0 Å². The van der Waals surface area contributed by atoms with E-state index >= 15 is 0 Å². The molecule has 0 atom stereocenters. The summed E-state index contributed by atoms with van der Waals surface area (Å²) in [5.41, 5.74) is 0. The summed E-state index contributed by atoms with van der Waals surface area (Å²) in [6.45, 7) is 0. The van der Waals surface area contributed by atoms with Crippen LogP contribution in [-0.4, -0.2) is 23.1 Å². The van der Waals surface area contributed by atoms with Gasteiger partial charge in [0.25, 0.3) is 0 Å². The van der Waals surface area contributed by atoms with Crippen LogP contribution in [0.3, 0.4) is 0 Å². The third-order valence-corrected chi connectivity index (χ3v) is 0. The number of halogens is 1. The molecule has 0 aromatic rings. The van der Waals surface area contributed by atoms with Crippen molar-refractivity contribution in [1.82, 2.24) is 0 Å². The van der Waals surface area contributed by atoms with Crippen molar-refractivity contribution < 1.29 is 17.0 Å². The van der Waals surface area contributed by atoms with Gasteiger partial charge in [-0.1, -0.05) is 0 Å². The largest absolute Gasteiger partial charge is 2.00 e. The first-order valence-corrected chi connectivity index (χ1v) is 0. The fraction of sp³-hybridized carbons (Fsp3) is 0. The zero-order chi connectivity index (χ0) is 0. The first kappa shape index (κ1) is 60.9. The van der Waals surface area contributed by atoms with Crippen LogP contribution < -0.4 is 17.0 Å². The number of hydrogen-bond donors (Lipinski definition) is 0. The predicted octanol–water partition coefficient (Wildman–Crippen LogP) is -2.48. The quantitative estimate of drug-likeness (QED) is 0.254. The van der Waals surface area contributed by atoms with Crippen LogP contribution in [0.1, 0.15) is 0 Å². The summed E-state index contributed by atoms with van der Waals surface area (Å²) >= 11 is 0. The Hall–Kier alpha value is 1.25. The van der Waals surface area contributed by atoms with Gasteiger partial charge < -0.3 is 31.8 Å². The average molecular weight is 134 g/mol. The molecule has 0 heterocycles. The molecule has 0 saturated carbocycles. The minimum atomic E-state index is 0. The molecule has 0 N–H and O–H groups in total. The number of rotatable bonds is 0. The Kier molecular flexibility index (Phi) is 439. The Balaban J connectivity index is 0. The van der Waals surface area contributed by atoms with Gasteiger partial charge in [0.05, 0.1) is 0 Å². The normalized spacial score (nSPS) is 0. The van der Waals surface area contributed by atoms with Crippen LogP contribution in [-0.2, 0) is 0 Å². The Morgan fingerprint density at radius 1 is 0.750 bits per heavy atom. The standard InChI is InChI=1S/2CH3.BrH.Mg/h2*1H3;1H;/q2*-1;;+2/p-1. The molecule has 0 fully saturated rings. The smallest absolute Gasteiger partial charge is 1.00 e. The predicted molar refractivity (Wildman–Crippen MR) is 18.6 cm³/mol. The van der Waals surface area contributed by atoms with Crippen LogP contribution in [0, 0.1) is 14.9 Å². The molecule has 0 aromatic carbocycles. The summed E-state index contributed by atoms with van der Waals surface area (Å²) < 4.78 is 0. The summed E-state index contributed by atoms with van der Waals surface area (Å²) in [5, 5.41) is 0. The van der Waals surface area contributed by atoms with Crippen molar-refractivity contribution in [3.8, 4) is 0 Å². The van der Waals surface area contributed by atoms with E-state index in [0.29, 0.717) is 0 Å². The van der Waals surface area contributed by atoms with Crippen LogP contribution >= 0.6 is 0 Å². The minimum absolute atomic E-state index is 0. The Morgan fingerprint density at radius 3 is 0.750 bits per heavy atom. The third kappa shape index (κ3) is 10.5. The van der Waals surface area contributed by atoms with Crippen molar-refractivity contribution >= 4 is 23.1 Å². The van der Waals surface area contributed by atoms with Crippen LogP contribution in [0.5, 0.6) is 0 Å². The van der Waals surface area contributed by atoms with E-state index in [0.717, 1.165) is 0 Å². The van der Waals surface area contributed by atoms with Gasteiger partial charge in [-0.3, -0.25) is 0 Å². The molecular formula is C2H6BrMg-. The van der Waals surface area contributed by atoms with Crippen LogP contribution in [0.4, 0.5) is 0 Å². The summed E-state index contributed by atoms with van der Waals surface area (Å²) in [4.78, 5) is 0. The molecule has 0 spiro atoms. The zero-order valence-corrected chi connectivity index (χ0v) is 6.09. The van der Waals surface area contributed by atoms with E-state index in [1.54, 1.807) is 0 Å². The summed E-state index contributed by atoms with van der Waals surface area (Å²) in [6.07, 6.45) is 0. The van der Waals surface area contributed by atoms with Gasteiger partial charge in [-0.15, -0.1) is 0 Å². The van der Waals surface area contributed by atoms with Gasteiger partial charge in [0.1, 0.15) is 0 Å². The first-order chi connectivity index (χ1) is 0. The summed E-state index contributed by atoms with van der Waals surface area (Å²) in [5.74, 6) is 0. The van der Waals surface area contributed by atoms with Gasteiger partial charge in [0, 0.05) is 0 Å². The minimum Gasteiger partial charge on any atom is -1.00 e. The molecule has 0 unspecified atom stereocenters. The molecule has 4 heavy (non-hydrogen) atoms. The molecule has 0 aromatic heterocycles. The Bertz CT molecular complexity index is 6.00. The Morgan fingerprint density at radius 2 is 0.750 bits per heavy atom. The van der Waals surface area contributed by atoms with Gasteiger partial charge in [-0.05, 0) is 0 Å². The zero-order valence-electron chi connectivity index (χ0n) is 3.09. The van der Waals surface area contributed by atoms with Gasteiger partial charge in [-0.2, -0.15) is 0 Å². The molecule has 24 valence electrons. The molecule has 0 bridgehead atoms. The average Bonchev–Trinajstić information content (AvgIpc) is 0. The fourth-order valence-corrected chi connectivity index (χ4v) is 0. The van der Waals surface area contributed by atoms with E-state index in [9.17, 15) is 0 Å². The second-order valence-electron chi connectivity index (χ2n) is 0. The molecular weight excluding hydrogens is 128 g/mol. The second-order valence-corrected chi connectivity index (χ2v) is 0. The van der Waals surface area contributed by atoms with E-state index in [1.807, 2.05) is 0 Å². The van der Waals surface area contributed by atoms with E-state index in [4.69, 9.17) is 0 Å². The topological polar surface area (TPSA) is 0 Å². The van der Waals surface area contributed by atoms with E-state index in [1.165, 1.54) is 0 Å². The van der Waals surface area contributed by atoms with Crippen molar-refractivity contribution in [2.45, 2.75) is 0 Å². The second kappa shape index (κ2) is 28.8. The molecule has 0 aliphatic carbocycles. The van der Waals surface area contributed by atoms with Crippen molar-refractivity contribution in [1.29, 1.82) is 0 Å². The van der Waals surface area contributed by atoms with Crippen molar-refractivity contribution in [3.63, 3.8) is 0 Å². The third-order valence-electron chi connectivity index (χ3n) is 0. The molecule has 2 heteroatoms. The SMILES string of the molecule is [Br-].[CH3-].[CH3-].[Mg+2]. The van der Waals surface area contributed by atoms with Crippen LogP contribution in [0.2, 0.25) is 0 Å². The molecule has 0 saturated heterocycles. The van der Waals surface area contributed by atoms with Crippen molar-refractivity contribution in [3.05, 3.63) is 14.9 Å². The van der Waals surface area contributed by atoms with Crippen LogP contribution in [0.15, 0.2) is 0 Å². The molecule has 0 nitrogen and oxygen atoms in total. The maximum atomic E-state index is 0. The van der Waals surface area contributed by atoms with Crippen molar-refractivity contribution in [2.24, 2.45) is 0 Å². The van der Waals surface area contributed by atoms with E-state index < -0.39 is 0 Å². The molecule has 0 radical (unpaired) electrons. The maximum absolute atomic E-state index is 0. The van der Waals surface area contributed by atoms with Gasteiger partial charge in [0.2, 0.25) is 0 Å². The van der Waals surface area contributed by atoms with E-state index in [-0.39, 0.29) is 54.9 Å². The maximum Gasteiger partial charge on any atom is 2.00 e. The molecule has 0 aliphatic rings. The Labute approximate surface area is 54.9 Å². The summed E-state index contributed by atoms with van der Waals surface area (Å²) in [6, 6.07) is 0. The monoisotopic (exact) mass is 133 g/mol. The van der Waals surface area contributed by atoms with Crippen molar-refractivity contribution in [2.75, 3.05) is 0 Å². The van der Waals surface area contributed by atoms with Gasteiger partial charge >= 0.3 is 23.1 Å². The summed E-state index contributed by atoms with van der Waals surface area (Å²) in [7, 11) is 0.